The Morgan fingerprint density at radius 2 is 2.32 bits per heavy atom. The molecule has 0 aliphatic heterocycles. The van der Waals surface area contributed by atoms with Crippen LogP contribution in [0.3, 0.4) is 0 Å². The van der Waals surface area contributed by atoms with Gasteiger partial charge in [-0.25, -0.2) is 0 Å². The van der Waals surface area contributed by atoms with Gasteiger partial charge in [0.2, 0.25) is 5.91 Å². The van der Waals surface area contributed by atoms with Crippen molar-refractivity contribution in [2.24, 2.45) is 5.41 Å². The Kier molecular flexibility index (Phi) is 5.78. The standard InChI is InChI=1S/C14H18ClN3O/c1-14(2,11-15)13(19)18(8-4-6-16)10-12-5-3-7-17-9-12/h3,5,7,9H,4,8,10-11H2,1-2H3. The number of carbonyl (C=O) groups excluding carboxylic acids is 1. The van der Waals surface area contributed by atoms with Crippen LogP contribution in [0.5, 0.6) is 0 Å². The summed E-state index contributed by atoms with van der Waals surface area (Å²) in [4.78, 5) is 18.1. The van der Waals surface area contributed by atoms with Gasteiger partial charge in [0, 0.05) is 31.4 Å². The number of halogens is 1. The van der Waals surface area contributed by atoms with Crippen LogP contribution in [0.25, 0.3) is 0 Å². The summed E-state index contributed by atoms with van der Waals surface area (Å²) in [6.45, 7) is 4.48. The van der Waals surface area contributed by atoms with Crippen LogP contribution in [0.4, 0.5) is 0 Å². The van der Waals surface area contributed by atoms with Crippen LogP contribution in [-0.2, 0) is 11.3 Å². The average molecular weight is 280 g/mol. The summed E-state index contributed by atoms with van der Waals surface area (Å²) in [5.74, 6) is 0.212. The maximum Gasteiger partial charge on any atom is 0.229 e. The van der Waals surface area contributed by atoms with Crippen LogP contribution in [0.15, 0.2) is 24.5 Å². The van der Waals surface area contributed by atoms with Crippen molar-refractivity contribution in [2.75, 3.05) is 12.4 Å². The molecule has 0 aliphatic carbocycles. The molecule has 0 fully saturated rings. The van der Waals surface area contributed by atoms with Crippen molar-refractivity contribution in [3.63, 3.8) is 0 Å². The number of aromatic nitrogens is 1. The predicted molar refractivity (Wildman–Crippen MR) is 74.4 cm³/mol. The zero-order valence-corrected chi connectivity index (χ0v) is 12.0. The number of pyridine rings is 1. The summed E-state index contributed by atoms with van der Waals surface area (Å²) >= 11 is 5.84. The Morgan fingerprint density at radius 3 is 2.84 bits per heavy atom. The van der Waals surface area contributed by atoms with Crippen LogP contribution in [0.2, 0.25) is 0 Å². The highest BCUT2D eigenvalue weighted by molar-refractivity contribution is 6.19. The molecule has 0 saturated carbocycles. The Bertz CT molecular complexity index is 454. The summed E-state index contributed by atoms with van der Waals surface area (Å²) in [7, 11) is 0. The van der Waals surface area contributed by atoms with Gasteiger partial charge in [0.15, 0.2) is 0 Å². The number of nitrogens with zero attached hydrogens (tertiary/aromatic N) is 3. The zero-order valence-electron chi connectivity index (χ0n) is 11.3. The Hall–Kier alpha value is -1.60. The molecule has 1 aromatic rings. The maximum absolute atomic E-state index is 12.4. The van der Waals surface area contributed by atoms with E-state index in [1.165, 1.54) is 0 Å². The van der Waals surface area contributed by atoms with Gasteiger partial charge in [-0.1, -0.05) is 6.07 Å². The number of alkyl halides is 1. The molecule has 1 aromatic heterocycles. The molecule has 0 aliphatic rings. The monoisotopic (exact) mass is 279 g/mol. The van der Waals surface area contributed by atoms with Gasteiger partial charge < -0.3 is 4.90 Å². The second kappa shape index (κ2) is 7.10. The lowest BCUT2D eigenvalue weighted by Gasteiger charge is -2.30. The van der Waals surface area contributed by atoms with Crippen molar-refractivity contribution in [1.82, 2.24) is 9.88 Å². The van der Waals surface area contributed by atoms with Crippen LogP contribution < -0.4 is 0 Å². The second-order valence-corrected chi connectivity index (χ2v) is 5.28. The molecule has 19 heavy (non-hydrogen) atoms. The number of carbonyl (C=O) groups is 1. The first kappa shape index (κ1) is 15.5. The first-order chi connectivity index (χ1) is 9.01. The average Bonchev–Trinajstić information content (AvgIpc) is 2.43. The largest absolute Gasteiger partial charge is 0.337 e. The van der Waals surface area contributed by atoms with E-state index in [0.29, 0.717) is 19.5 Å². The maximum atomic E-state index is 12.4. The third kappa shape index (κ3) is 4.53. The highest BCUT2D eigenvalue weighted by Crippen LogP contribution is 2.22. The van der Waals surface area contributed by atoms with E-state index in [4.69, 9.17) is 16.9 Å². The molecule has 0 radical (unpaired) electrons. The smallest absolute Gasteiger partial charge is 0.229 e. The van der Waals surface area contributed by atoms with Gasteiger partial charge >= 0.3 is 0 Å². The predicted octanol–water partition coefficient (Wildman–Crippen LogP) is 2.59. The van der Waals surface area contributed by atoms with Crippen molar-refractivity contribution in [3.8, 4) is 6.07 Å². The highest BCUT2D eigenvalue weighted by atomic mass is 35.5. The lowest BCUT2D eigenvalue weighted by molar-refractivity contribution is -0.139. The van der Waals surface area contributed by atoms with Crippen molar-refractivity contribution < 1.29 is 4.79 Å². The van der Waals surface area contributed by atoms with Crippen molar-refractivity contribution in [1.29, 1.82) is 5.26 Å². The number of hydrogen-bond acceptors (Lipinski definition) is 3. The van der Waals surface area contributed by atoms with Gasteiger partial charge in [0.05, 0.1) is 17.9 Å². The van der Waals surface area contributed by atoms with Crippen LogP contribution >= 0.6 is 11.6 Å². The molecule has 0 spiro atoms. The minimum Gasteiger partial charge on any atom is -0.337 e. The topological polar surface area (TPSA) is 57.0 Å². The Morgan fingerprint density at radius 1 is 1.58 bits per heavy atom. The number of hydrogen-bond donors (Lipinski definition) is 0. The van der Waals surface area contributed by atoms with Gasteiger partial charge in [-0.2, -0.15) is 5.26 Å². The third-order valence-electron chi connectivity index (χ3n) is 2.79. The van der Waals surface area contributed by atoms with E-state index < -0.39 is 5.41 Å². The van der Waals surface area contributed by atoms with Gasteiger partial charge in [0.25, 0.3) is 0 Å². The molecular formula is C14H18ClN3O. The summed E-state index contributed by atoms with van der Waals surface area (Å²) in [6, 6.07) is 5.80. The van der Waals surface area contributed by atoms with Gasteiger partial charge in [-0.3, -0.25) is 9.78 Å². The molecule has 0 aromatic carbocycles. The molecule has 1 heterocycles. The van der Waals surface area contributed by atoms with Crippen molar-refractivity contribution in [2.45, 2.75) is 26.8 Å². The van der Waals surface area contributed by atoms with Gasteiger partial charge in [-0.15, -0.1) is 11.6 Å². The number of nitriles is 1. The number of rotatable bonds is 6. The fourth-order valence-corrected chi connectivity index (χ4v) is 1.75. The third-order valence-corrected chi connectivity index (χ3v) is 3.46. The summed E-state index contributed by atoms with van der Waals surface area (Å²) in [6.07, 6.45) is 3.72. The molecule has 0 atom stereocenters. The number of amides is 1. The molecule has 102 valence electrons. The van der Waals surface area contributed by atoms with E-state index in [1.807, 2.05) is 26.0 Å². The second-order valence-electron chi connectivity index (χ2n) is 5.01. The minimum absolute atomic E-state index is 0.0402. The van der Waals surface area contributed by atoms with Gasteiger partial charge in [-0.05, 0) is 25.5 Å². The van der Waals surface area contributed by atoms with E-state index in [0.717, 1.165) is 5.56 Å². The summed E-state index contributed by atoms with van der Waals surface area (Å²) < 4.78 is 0. The van der Waals surface area contributed by atoms with Crippen LogP contribution in [0.1, 0.15) is 25.8 Å². The molecule has 0 saturated heterocycles. The fourth-order valence-electron chi connectivity index (χ4n) is 1.63. The quantitative estimate of drug-likeness (QED) is 0.752. The molecular weight excluding hydrogens is 262 g/mol. The molecule has 0 N–H and O–H groups in total. The SMILES string of the molecule is CC(C)(CCl)C(=O)N(CCC#N)Cc1cccnc1. The summed E-state index contributed by atoms with van der Waals surface area (Å²) in [5, 5.41) is 8.70. The lowest BCUT2D eigenvalue weighted by atomic mass is 9.94. The minimum atomic E-state index is -0.626. The fraction of sp³-hybridized carbons (Fsp3) is 0.500. The molecule has 4 nitrogen and oxygen atoms in total. The first-order valence-corrected chi connectivity index (χ1v) is 6.66. The summed E-state index contributed by atoms with van der Waals surface area (Å²) in [5.41, 5.74) is 0.318. The Balaban J connectivity index is 2.83. The van der Waals surface area contributed by atoms with Crippen molar-refractivity contribution >= 4 is 17.5 Å². The Labute approximate surface area is 119 Å². The first-order valence-electron chi connectivity index (χ1n) is 6.12. The molecule has 1 amide bonds. The van der Waals surface area contributed by atoms with Crippen LogP contribution in [-0.4, -0.2) is 28.2 Å². The van der Waals surface area contributed by atoms with E-state index in [1.54, 1.807) is 17.3 Å². The van der Waals surface area contributed by atoms with E-state index in [-0.39, 0.29) is 11.8 Å². The van der Waals surface area contributed by atoms with Gasteiger partial charge in [0.1, 0.15) is 0 Å². The van der Waals surface area contributed by atoms with E-state index in [9.17, 15) is 4.79 Å². The van der Waals surface area contributed by atoms with Crippen molar-refractivity contribution in [3.05, 3.63) is 30.1 Å². The van der Waals surface area contributed by atoms with E-state index in [2.05, 4.69) is 11.1 Å². The van der Waals surface area contributed by atoms with Crippen LogP contribution in [0, 0.1) is 16.7 Å². The molecule has 5 heteroatoms. The lowest BCUT2D eigenvalue weighted by Crippen LogP contribution is -2.42. The molecule has 0 bridgehead atoms. The molecule has 0 unspecified atom stereocenters. The normalized spacial score (nSPS) is 10.8. The molecule has 1 rings (SSSR count). The highest BCUT2D eigenvalue weighted by Gasteiger charge is 2.31. The van der Waals surface area contributed by atoms with E-state index >= 15 is 0 Å². The zero-order chi connectivity index (χ0) is 14.3.